The van der Waals surface area contributed by atoms with Crippen molar-refractivity contribution in [2.24, 2.45) is 0 Å². The largest absolute Gasteiger partial charge is 0.168 e. The normalized spacial score (nSPS) is 9.45. The third kappa shape index (κ3) is 7.76. The minimum atomic E-state index is -1.81. The Kier molecular flexibility index (Phi) is 10.1. The SMILES string of the molecule is [CH3-].[Cl][Ti]([Cl])=[CH]c1ccccc1.c1ccc2[cH-]ccc2c1.c1ccc2[cH-]ccc2c1. The predicted molar refractivity (Wildman–Crippen MR) is 129 cm³/mol. The average molecular weight is 454 g/mol. The van der Waals surface area contributed by atoms with Crippen molar-refractivity contribution in [3.8, 4) is 0 Å². The zero-order valence-corrected chi connectivity index (χ0v) is 19.4. The van der Waals surface area contributed by atoms with Crippen molar-refractivity contribution in [2.75, 3.05) is 0 Å². The summed E-state index contributed by atoms with van der Waals surface area (Å²) in [6.07, 6.45) is 0. The molecule has 0 aromatic heterocycles. The fraction of sp³-hybridized carbons (Fsp3) is 0. The Bertz CT molecular complexity index is 1010. The van der Waals surface area contributed by atoms with Gasteiger partial charge in [-0.15, -0.1) is 59.3 Å². The third-order valence-corrected chi connectivity index (χ3v) is 5.93. The van der Waals surface area contributed by atoms with Crippen LogP contribution in [0.25, 0.3) is 21.5 Å². The quantitative estimate of drug-likeness (QED) is 0.177. The molecule has 0 atom stereocenters. The zero-order chi connectivity index (χ0) is 19.6. The molecule has 0 radical (unpaired) electrons. The van der Waals surface area contributed by atoms with Gasteiger partial charge in [0, 0.05) is 0 Å². The molecular weight excluding hydrogens is 431 g/mol. The second-order valence-corrected chi connectivity index (χ2v) is 11.7. The molecule has 0 spiro atoms. The Labute approximate surface area is 187 Å². The molecule has 0 fully saturated rings. The van der Waals surface area contributed by atoms with Crippen LogP contribution < -0.4 is 0 Å². The fourth-order valence-corrected chi connectivity index (χ4v) is 4.55. The molecule has 0 nitrogen and oxygen atoms in total. The number of halogens is 2. The molecule has 5 aromatic carbocycles. The number of fused-ring (bicyclic) bond motifs is 2. The molecule has 0 N–H and O–H groups in total. The first kappa shape index (κ1) is 23.3. The van der Waals surface area contributed by atoms with E-state index in [0.717, 1.165) is 5.56 Å². The minimum Gasteiger partial charge on any atom is -0.168 e. The van der Waals surface area contributed by atoms with Crippen LogP contribution in [0, 0.1) is 7.43 Å². The van der Waals surface area contributed by atoms with E-state index in [9.17, 15) is 0 Å². The molecule has 0 bridgehead atoms. The van der Waals surface area contributed by atoms with Crippen LogP contribution in [0.3, 0.4) is 0 Å². The maximum absolute atomic E-state index is 5.69. The van der Waals surface area contributed by atoms with Crippen molar-refractivity contribution in [1.82, 2.24) is 0 Å². The van der Waals surface area contributed by atoms with Gasteiger partial charge in [0.15, 0.2) is 0 Å². The van der Waals surface area contributed by atoms with Crippen molar-refractivity contribution < 1.29 is 15.3 Å². The molecule has 0 unspecified atom stereocenters. The van der Waals surface area contributed by atoms with E-state index in [1.165, 1.54) is 21.5 Å². The summed E-state index contributed by atoms with van der Waals surface area (Å²) in [6.45, 7) is 0. The Balaban J connectivity index is 0.000000153. The van der Waals surface area contributed by atoms with E-state index in [2.05, 4.69) is 84.9 Å². The van der Waals surface area contributed by atoms with E-state index in [0.29, 0.717) is 0 Å². The predicted octanol–water partition coefficient (Wildman–Crippen LogP) is 8.33. The molecule has 0 heterocycles. The van der Waals surface area contributed by atoms with Crippen molar-refractivity contribution in [3.05, 3.63) is 128 Å². The van der Waals surface area contributed by atoms with E-state index in [1.807, 2.05) is 34.6 Å². The first-order valence-corrected chi connectivity index (χ1v) is 14.2. The van der Waals surface area contributed by atoms with E-state index in [4.69, 9.17) is 18.6 Å². The van der Waals surface area contributed by atoms with E-state index < -0.39 is 15.3 Å². The van der Waals surface area contributed by atoms with Gasteiger partial charge in [0.1, 0.15) is 0 Å². The van der Waals surface area contributed by atoms with Gasteiger partial charge in [0.2, 0.25) is 0 Å². The second kappa shape index (κ2) is 12.6. The van der Waals surface area contributed by atoms with Crippen molar-refractivity contribution >= 4 is 44.5 Å². The van der Waals surface area contributed by atoms with Crippen LogP contribution >= 0.6 is 18.6 Å². The van der Waals surface area contributed by atoms with Gasteiger partial charge in [-0.3, -0.25) is 0 Å². The fourth-order valence-electron chi connectivity index (χ4n) is 2.82. The topological polar surface area (TPSA) is 0 Å². The molecule has 3 heteroatoms. The van der Waals surface area contributed by atoms with Crippen LogP contribution in [-0.4, -0.2) is 4.31 Å². The molecule has 5 aromatic rings. The van der Waals surface area contributed by atoms with Crippen LogP contribution in [0.2, 0.25) is 0 Å². The Morgan fingerprint density at radius 2 is 1.03 bits per heavy atom. The van der Waals surface area contributed by atoms with Crippen LogP contribution in [0.5, 0.6) is 0 Å². The van der Waals surface area contributed by atoms with Crippen molar-refractivity contribution in [3.63, 3.8) is 0 Å². The second-order valence-electron chi connectivity index (χ2n) is 6.15. The minimum absolute atomic E-state index is 0. The van der Waals surface area contributed by atoms with Gasteiger partial charge in [-0.25, -0.2) is 0 Å². The number of rotatable bonds is 1. The average Bonchev–Trinajstić information content (AvgIpc) is 3.38. The third-order valence-electron chi connectivity index (χ3n) is 4.17. The van der Waals surface area contributed by atoms with Gasteiger partial charge in [0.05, 0.1) is 0 Å². The van der Waals surface area contributed by atoms with Gasteiger partial charge in [-0.1, -0.05) is 12.1 Å². The Hall–Kier alpha value is -1.96. The van der Waals surface area contributed by atoms with E-state index in [-0.39, 0.29) is 7.43 Å². The summed E-state index contributed by atoms with van der Waals surface area (Å²) in [4.78, 5) is 0. The molecule has 5 rings (SSSR count). The molecule has 29 heavy (non-hydrogen) atoms. The molecule has 0 saturated carbocycles. The maximum atomic E-state index is 5.69. The maximum Gasteiger partial charge on any atom is -0.0809 e. The van der Waals surface area contributed by atoms with Crippen LogP contribution in [0.4, 0.5) is 0 Å². The van der Waals surface area contributed by atoms with Gasteiger partial charge in [0.25, 0.3) is 0 Å². The number of hydrogen-bond donors (Lipinski definition) is 0. The standard InChI is InChI=1S/2C9H7.C7H6.CH3.2ClH.Ti/c2*1-2-5-9-7-3-6-8(9)4-1;1-7-5-3-2-4-6-7;;;;/h2*1-7H;1-6H;1H3;2*1H;/q2*-1;;-1;;;+2/p-2. The molecule has 0 aliphatic carbocycles. The summed E-state index contributed by atoms with van der Waals surface area (Å²) in [5, 5.41) is 5.32. The van der Waals surface area contributed by atoms with Gasteiger partial charge in [-0.2, -0.15) is 35.0 Å². The molecule has 0 saturated heterocycles. The number of benzene rings is 3. The number of hydrogen-bond acceptors (Lipinski definition) is 0. The zero-order valence-electron chi connectivity index (χ0n) is 16.3. The summed E-state index contributed by atoms with van der Waals surface area (Å²) < 4.78 is 1.95. The van der Waals surface area contributed by atoms with Gasteiger partial charge >= 0.3 is 74.1 Å². The molecular formula is C26H23Cl2Ti-3. The Morgan fingerprint density at radius 3 is 1.48 bits per heavy atom. The van der Waals surface area contributed by atoms with Crippen LogP contribution in [0.15, 0.2) is 115 Å². The van der Waals surface area contributed by atoms with E-state index >= 15 is 0 Å². The smallest absolute Gasteiger partial charge is 0.0809 e. The summed E-state index contributed by atoms with van der Waals surface area (Å²) >= 11 is -1.81. The summed E-state index contributed by atoms with van der Waals surface area (Å²) in [6, 6.07) is 39.3. The molecule has 0 amide bonds. The van der Waals surface area contributed by atoms with Gasteiger partial charge < -0.3 is 7.43 Å². The molecule has 0 aliphatic rings. The van der Waals surface area contributed by atoms with Crippen molar-refractivity contribution in [1.29, 1.82) is 0 Å². The van der Waals surface area contributed by atoms with E-state index in [1.54, 1.807) is 0 Å². The first-order chi connectivity index (χ1) is 13.7. The van der Waals surface area contributed by atoms with Crippen molar-refractivity contribution in [2.45, 2.75) is 0 Å². The Morgan fingerprint density at radius 1 is 0.586 bits per heavy atom. The summed E-state index contributed by atoms with van der Waals surface area (Å²) in [5.74, 6) is 0. The van der Waals surface area contributed by atoms with Crippen LogP contribution in [0.1, 0.15) is 5.56 Å². The van der Waals surface area contributed by atoms with Gasteiger partial charge in [-0.05, 0) is 0 Å². The summed E-state index contributed by atoms with van der Waals surface area (Å²) in [7, 11) is 11.4. The molecule has 148 valence electrons. The van der Waals surface area contributed by atoms with Crippen LogP contribution in [-0.2, 0) is 15.3 Å². The summed E-state index contributed by atoms with van der Waals surface area (Å²) in [5.41, 5.74) is 1.13. The monoisotopic (exact) mass is 453 g/mol. The molecule has 0 aliphatic heterocycles. The first-order valence-electron chi connectivity index (χ1n) is 9.01.